The van der Waals surface area contributed by atoms with E-state index in [4.69, 9.17) is 0 Å². The van der Waals surface area contributed by atoms with Crippen molar-refractivity contribution in [3.63, 3.8) is 0 Å². The second-order valence-corrected chi connectivity index (χ2v) is 5.37. The third kappa shape index (κ3) is 3.79. The third-order valence-electron chi connectivity index (χ3n) is 3.20. The lowest BCUT2D eigenvalue weighted by Gasteiger charge is -2.26. The summed E-state index contributed by atoms with van der Waals surface area (Å²) in [5, 5.41) is 12.9. The van der Waals surface area contributed by atoms with Crippen LogP contribution in [-0.4, -0.2) is 36.8 Å². The predicted octanol–water partition coefficient (Wildman–Crippen LogP) is 1.88. The predicted molar refractivity (Wildman–Crippen MR) is 63.9 cm³/mol. The van der Waals surface area contributed by atoms with Crippen molar-refractivity contribution in [1.82, 2.24) is 5.32 Å². The van der Waals surface area contributed by atoms with Gasteiger partial charge in [-0.25, -0.2) is 0 Å². The summed E-state index contributed by atoms with van der Waals surface area (Å²) in [5.74, 6) is 1.24. The summed E-state index contributed by atoms with van der Waals surface area (Å²) in [7, 11) is 0. The van der Waals surface area contributed by atoms with Gasteiger partial charge in [0, 0.05) is 18.6 Å². The molecule has 0 heterocycles. The molecule has 0 radical (unpaired) electrons. The largest absolute Gasteiger partial charge is 0.396 e. The summed E-state index contributed by atoms with van der Waals surface area (Å²) in [5.41, 5.74) is 0.222. The molecule has 0 saturated heterocycles. The van der Waals surface area contributed by atoms with Gasteiger partial charge in [0.1, 0.15) is 0 Å². The maximum atomic E-state index is 9.38. The minimum atomic E-state index is 0.222. The lowest BCUT2D eigenvalue weighted by molar-refractivity contribution is 0.128. The van der Waals surface area contributed by atoms with E-state index < -0.39 is 0 Å². The maximum Gasteiger partial charge on any atom is 0.0499 e. The molecule has 0 unspecified atom stereocenters. The molecule has 0 spiro atoms. The zero-order chi connectivity index (χ0) is 10.3. The van der Waals surface area contributed by atoms with Gasteiger partial charge < -0.3 is 10.4 Å². The summed E-state index contributed by atoms with van der Waals surface area (Å²) in [6.07, 6.45) is 8.40. The number of aliphatic hydroxyl groups is 1. The average Bonchev–Trinajstić information content (AvgIpc) is 2.67. The summed E-state index contributed by atoms with van der Waals surface area (Å²) in [6, 6.07) is 0. The van der Waals surface area contributed by atoms with Crippen LogP contribution in [0.1, 0.15) is 32.1 Å². The molecule has 1 aliphatic carbocycles. The Bertz CT molecular complexity index is 146. The monoisotopic (exact) mass is 217 g/mol. The molecule has 2 N–H and O–H groups in total. The highest BCUT2D eigenvalue weighted by Gasteiger charge is 2.32. The van der Waals surface area contributed by atoms with Gasteiger partial charge in [-0.2, -0.15) is 11.8 Å². The van der Waals surface area contributed by atoms with Crippen molar-refractivity contribution in [2.45, 2.75) is 32.1 Å². The molecular formula is C11H23NOS. The number of thioether (sulfide) groups is 1. The number of nitrogens with one attached hydrogen (secondary N) is 1. The quantitative estimate of drug-likeness (QED) is 0.639. The van der Waals surface area contributed by atoms with E-state index >= 15 is 0 Å². The Kier molecular flexibility index (Phi) is 5.90. The first kappa shape index (κ1) is 12.3. The Balaban J connectivity index is 2.08. The van der Waals surface area contributed by atoms with E-state index in [-0.39, 0.29) is 5.41 Å². The second-order valence-electron chi connectivity index (χ2n) is 4.39. The van der Waals surface area contributed by atoms with Gasteiger partial charge in [0.05, 0.1) is 0 Å². The van der Waals surface area contributed by atoms with Crippen molar-refractivity contribution in [3.05, 3.63) is 0 Å². The fourth-order valence-corrected chi connectivity index (χ4v) is 2.64. The second kappa shape index (κ2) is 6.70. The third-order valence-corrected chi connectivity index (χ3v) is 3.90. The zero-order valence-corrected chi connectivity index (χ0v) is 10.0. The van der Waals surface area contributed by atoms with Crippen LogP contribution in [0, 0.1) is 5.41 Å². The van der Waals surface area contributed by atoms with E-state index in [0.29, 0.717) is 6.61 Å². The van der Waals surface area contributed by atoms with Crippen LogP contribution in [0.5, 0.6) is 0 Å². The molecule has 0 amide bonds. The highest BCUT2D eigenvalue weighted by molar-refractivity contribution is 7.98. The van der Waals surface area contributed by atoms with Crippen LogP contribution in [0.3, 0.4) is 0 Å². The Morgan fingerprint density at radius 3 is 2.64 bits per heavy atom. The zero-order valence-electron chi connectivity index (χ0n) is 9.22. The smallest absolute Gasteiger partial charge is 0.0499 e. The minimum Gasteiger partial charge on any atom is -0.396 e. The van der Waals surface area contributed by atoms with Crippen LogP contribution < -0.4 is 5.32 Å². The standard InChI is InChI=1S/C11H23NOS/c1-14-8-4-7-12-9-11(10-13)5-2-3-6-11/h12-13H,2-10H2,1H3. The first-order valence-electron chi connectivity index (χ1n) is 5.63. The summed E-state index contributed by atoms with van der Waals surface area (Å²) < 4.78 is 0. The van der Waals surface area contributed by atoms with E-state index in [2.05, 4.69) is 11.6 Å². The molecule has 0 aliphatic heterocycles. The molecule has 1 fully saturated rings. The molecule has 3 heteroatoms. The molecule has 0 aromatic rings. The highest BCUT2D eigenvalue weighted by atomic mass is 32.2. The minimum absolute atomic E-state index is 0.222. The number of hydrogen-bond acceptors (Lipinski definition) is 3. The van der Waals surface area contributed by atoms with Crippen LogP contribution in [0.2, 0.25) is 0 Å². The molecular weight excluding hydrogens is 194 g/mol. The molecule has 0 bridgehead atoms. The van der Waals surface area contributed by atoms with E-state index in [1.807, 2.05) is 11.8 Å². The molecule has 2 nitrogen and oxygen atoms in total. The van der Waals surface area contributed by atoms with E-state index in [9.17, 15) is 5.11 Å². The van der Waals surface area contributed by atoms with Gasteiger partial charge in [-0.15, -0.1) is 0 Å². The molecule has 0 atom stereocenters. The fraction of sp³-hybridized carbons (Fsp3) is 1.00. The van der Waals surface area contributed by atoms with E-state index in [1.165, 1.54) is 37.9 Å². The molecule has 14 heavy (non-hydrogen) atoms. The number of aliphatic hydroxyl groups excluding tert-OH is 1. The van der Waals surface area contributed by atoms with Gasteiger partial charge in [0.2, 0.25) is 0 Å². The van der Waals surface area contributed by atoms with Gasteiger partial charge in [0.25, 0.3) is 0 Å². The Hall–Kier alpha value is 0.270. The maximum absolute atomic E-state index is 9.38. The number of rotatable bonds is 7. The van der Waals surface area contributed by atoms with Crippen LogP contribution in [-0.2, 0) is 0 Å². The molecule has 84 valence electrons. The Morgan fingerprint density at radius 2 is 2.07 bits per heavy atom. The Labute approximate surface area is 91.9 Å². The molecule has 0 aromatic carbocycles. The van der Waals surface area contributed by atoms with Gasteiger partial charge in [0.15, 0.2) is 0 Å². The molecule has 1 rings (SSSR count). The first-order valence-corrected chi connectivity index (χ1v) is 7.03. The van der Waals surface area contributed by atoms with Gasteiger partial charge in [-0.1, -0.05) is 12.8 Å². The van der Waals surface area contributed by atoms with Gasteiger partial charge >= 0.3 is 0 Å². The summed E-state index contributed by atoms with van der Waals surface area (Å²) >= 11 is 1.90. The van der Waals surface area contributed by atoms with Crippen LogP contribution in [0.15, 0.2) is 0 Å². The van der Waals surface area contributed by atoms with Crippen molar-refractivity contribution >= 4 is 11.8 Å². The van der Waals surface area contributed by atoms with E-state index in [0.717, 1.165) is 13.1 Å². The summed E-state index contributed by atoms with van der Waals surface area (Å²) in [4.78, 5) is 0. The fourth-order valence-electron chi connectivity index (χ4n) is 2.21. The van der Waals surface area contributed by atoms with Gasteiger partial charge in [-0.3, -0.25) is 0 Å². The lowest BCUT2D eigenvalue weighted by atomic mass is 9.87. The highest BCUT2D eigenvalue weighted by Crippen LogP contribution is 2.36. The SMILES string of the molecule is CSCCCNCC1(CO)CCCC1. The topological polar surface area (TPSA) is 32.3 Å². The molecule has 1 aliphatic rings. The average molecular weight is 217 g/mol. The normalized spacial score (nSPS) is 20.1. The molecule has 1 saturated carbocycles. The van der Waals surface area contributed by atoms with Crippen molar-refractivity contribution < 1.29 is 5.11 Å². The van der Waals surface area contributed by atoms with E-state index in [1.54, 1.807) is 0 Å². The lowest BCUT2D eigenvalue weighted by Crippen LogP contribution is -2.35. The van der Waals surface area contributed by atoms with Gasteiger partial charge in [-0.05, 0) is 37.8 Å². The number of hydrogen-bond donors (Lipinski definition) is 2. The first-order chi connectivity index (χ1) is 6.83. The van der Waals surface area contributed by atoms with Crippen molar-refractivity contribution in [2.75, 3.05) is 31.7 Å². The molecule has 0 aromatic heterocycles. The van der Waals surface area contributed by atoms with Crippen molar-refractivity contribution in [2.24, 2.45) is 5.41 Å². The van der Waals surface area contributed by atoms with Crippen molar-refractivity contribution in [1.29, 1.82) is 0 Å². The Morgan fingerprint density at radius 1 is 1.36 bits per heavy atom. The summed E-state index contributed by atoms with van der Waals surface area (Å²) in [6.45, 7) is 2.48. The van der Waals surface area contributed by atoms with Crippen LogP contribution in [0.4, 0.5) is 0 Å². The van der Waals surface area contributed by atoms with Crippen molar-refractivity contribution in [3.8, 4) is 0 Å². The van der Waals surface area contributed by atoms with Crippen LogP contribution >= 0.6 is 11.8 Å². The van der Waals surface area contributed by atoms with Crippen LogP contribution in [0.25, 0.3) is 0 Å².